The van der Waals surface area contributed by atoms with E-state index < -0.39 is 11.6 Å². The fourth-order valence-corrected chi connectivity index (χ4v) is 1.99. The average Bonchev–Trinajstić information content (AvgIpc) is 2.77. The van der Waals surface area contributed by atoms with Crippen molar-refractivity contribution >= 4 is 11.8 Å². The Balaban J connectivity index is 2.09. The van der Waals surface area contributed by atoms with Gasteiger partial charge in [0.2, 0.25) is 11.5 Å². The molecule has 1 aliphatic rings. The SMILES string of the molecule is CCCCOC(=O)C1=CC(=O)C(C)(c2ccccc2)O1. The van der Waals surface area contributed by atoms with Crippen LogP contribution in [0.3, 0.4) is 0 Å². The zero-order chi connectivity index (χ0) is 14.6. The van der Waals surface area contributed by atoms with Gasteiger partial charge in [-0.05, 0) is 13.3 Å². The number of unbranched alkanes of at least 4 members (excludes halogenated alkanes) is 1. The topological polar surface area (TPSA) is 52.6 Å². The zero-order valence-electron chi connectivity index (χ0n) is 11.7. The van der Waals surface area contributed by atoms with Crippen LogP contribution in [0, 0.1) is 0 Å². The van der Waals surface area contributed by atoms with Gasteiger partial charge in [-0.2, -0.15) is 0 Å². The third-order valence-electron chi connectivity index (χ3n) is 3.30. The molecule has 0 saturated heterocycles. The standard InChI is InChI=1S/C16H18O4/c1-3-4-10-19-15(18)13-11-14(17)16(2,20-13)12-8-6-5-7-9-12/h5-9,11H,3-4,10H2,1-2H3. The van der Waals surface area contributed by atoms with Gasteiger partial charge in [0, 0.05) is 11.6 Å². The summed E-state index contributed by atoms with van der Waals surface area (Å²) in [5, 5.41) is 0. The smallest absolute Gasteiger partial charge is 0.373 e. The second kappa shape index (κ2) is 5.90. The van der Waals surface area contributed by atoms with Crippen molar-refractivity contribution in [2.75, 3.05) is 6.61 Å². The Kier molecular flexibility index (Phi) is 4.23. The number of carbonyl (C=O) groups is 2. The summed E-state index contributed by atoms with van der Waals surface area (Å²) < 4.78 is 10.6. The Bertz CT molecular complexity index is 533. The van der Waals surface area contributed by atoms with Crippen molar-refractivity contribution in [3.8, 4) is 0 Å². The number of ether oxygens (including phenoxy) is 2. The molecule has 1 aromatic carbocycles. The molecule has 0 fully saturated rings. The second-order valence-electron chi connectivity index (χ2n) is 4.86. The van der Waals surface area contributed by atoms with Gasteiger partial charge in [-0.15, -0.1) is 0 Å². The molecule has 4 nitrogen and oxygen atoms in total. The van der Waals surface area contributed by atoms with E-state index in [-0.39, 0.29) is 11.5 Å². The zero-order valence-corrected chi connectivity index (χ0v) is 11.7. The monoisotopic (exact) mass is 274 g/mol. The van der Waals surface area contributed by atoms with E-state index in [9.17, 15) is 9.59 Å². The van der Waals surface area contributed by atoms with Crippen LogP contribution >= 0.6 is 0 Å². The first-order valence-electron chi connectivity index (χ1n) is 6.75. The molecule has 1 heterocycles. The lowest BCUT2D eigenvalue weighted by Gasteiger charge is -2.23. The van der Waals surface area contributed by atoms with Gasteiger partial charge >= 0.3 is 5.97 Å². The first kappa shape index (κ1) is 14.3. The predicted octanol–water partition coefficient (Wildman–Crippen LogP) is 2.73. The minimum absolute atomic E-state index is 0.0162. The fourth-order valence-electron chi connectivity index (χ4n) is 1.99. The van der Waals surface area contributed by atoms with Gasteiger partial charge in [-0.25, -0.2) is 4.79 Å². The molecule has 1 unspecified atom stereocenters. The number of benzene rings is 1. The molecule has 1 aliphatic heterocycles. The van der Waals surface area contributed by atoms with Gasteiger partial charge in [-0.3, -0.25) is 4.79 Å². The quantitative estimate of drug-likeness (QED) is 0.612. The third kappa shape index (κ3) is 2.74. The Labute approximate surface area is 118 Å². The lowest BCUT2D eigenvalue weighted by atomic mass is 9.92. The molecule has 0 saturated carbocycles. The van der Waals surface area contributed by atoms with Gasteiger partial charge in [0.05, 0.1) is 6.61 Å². The number of hydrogen-bond donors (Lipinski definition) is 0. The predicted molar refractivity (Wildman–Crippen MR) is 73.8 cm³/mol. The van der Waals surface area contributed by atoms with E-state index >= 15 is 0 Å². The molecule has 106 valence electrons. The van der Waals surface area contributed by atoms with Crippen molar-refractivity contribution in [3.05, 3.63) is 47.7 Å². The van der Waals surface area contributed by atoms with E-state index in [1.807, 2.05) is 25.1 Å². The summed E-state index contributed by atoms with van der Waals surface area (Å²) in [4.78, 5) is 23.9. The summed E-state index contributed by atoms with van der Waals surface area (Å²) in [6.07, 6.45) is 2.96. The van der Waals surface area contributed by atoms with Crippen LogP contribution in [-0.2, 0) is 24.7 Å². The van der Waals surface area contributed by atoms with Crippen LogP contribution in [-0.4, -0.2) is 18.4 Å². The normalized spacial score (nSPS) is 21.3. The Morgan fingerprint density at radius 2 is 2.00 bits per heavy atom. The molecule has 0 aliphatic carbocycles. The van der Waals surface area contributed by atoms with Crippen LogP contribution in [0.4, 0.5) is 0 Å². The molecule has 2 rings (SSSR count). The Morgan fingerprint density at radius 1 is 1.30 bits per heavy atom. The molecule has 0 aromatic heterocycles. The van der Waals surface area contributed by atoms with Crippen molar-refractivity contribution in [2.45, 2.75) is 32.3 Å². The maximum absolute atomic E-state index is 12.1. The third-order valence-corrected chi connectivity index (χ3v) is 3.30. The highest BCUT2D eigenvalue weighted by Crippen LogP contribution is 2.35. The molecular formula is C16H18O4. The van der Waals surface area contributed by atoms with Crippen LogP contribution in [0.5, 0.6) is 0 Å². The summed E-state index contributed by atoms with van der Waals surface area (Å²) in [5.74, 6) is -0.838. The van der Waals surface area contributed by atoms with Crippen molar-refractivity contribution in [1.82, 2.24) is 0 Å². The van der Waals surface area contributed by atoms with Gasteiger partial charge in [0.25, 0.3) is 0 Å². The lowest BCUT2D eigenvalue weighted by Crippen LogP contribution is -2.30. The number of hydrogen-bond acceptors (Lipinski definition) is 4. The summed E-state index contributed by atoms with van der Waals surface area (Å²) in [6, 6.07) is 9.12. The van der Waals surface area contributed by atoms with E-state index in [1.54, 1.807) is 19.1 Å². The molecule has 0 spiro atoms. The highest BCUT2D eigenvalue weighted by atomic mass is 16.6. The van der Waals surface area contributed by atoms with Crippen LogP contribution in [0.1, 0.15) is 32.3 Å². The highest BCUT2D eigenvalue weighted by molar-refractivity contribution is 6.06. The van der Waals surface area contributed by atoms with Gasteiger partial charge in [0.1, 0.15) is 0 Å². The molecule has 0 amide bonds. The molecule has 0 radical (unpaired) electrons. The number of esters is 1. The van der Waals surface area contributed by atoms with E-state index in [0.29, 0.717) is 6.61 Å². The summed E-state index contributed by atoms with van der Waals surface area (Å²) >= 11 is 0. The van der Waals surface area contributed by atoms with E-state index in [4.69, 9.17) is 9.47 Å². The van der Waals surface area contributed by atoms with Crippen molar-refractivity contribution in [1.29, 1.82) is 0 Å². The van der Waals surface area contributed by atoms with E-state index in [2.05, 4.69) is 0 Å². The second-order valence-corrected chi connectivity index (χ2v) is 4.86. The summed E-state index contributed by atoms with van der Waals surface area (Å²) in [5.41, 5.74) is -0.419. The molecule has 4 heteroatoms. The maximum Gasteiger partial charge on any atom is 0.373 e. The minimum Gasteiger partial charge on any atom is -0.467 e. The first-order chi connectivity index (χ1) is 9.58. The number of ketones is 1. The highest BCUT2D eigenvalue weighted by Gasteiger charge is 2.43. The molecule has 1 atom stereocenters. The molecular weight excluding hydrogens is 256 g/mol. The molecule has 0 bridgehead atoms. The minimum atomic E-state index is -1.14. The molecule has 1 aromatic rings. The summed E-state index contributed by atoms with van der Waals surface area (Å²) in [7, 11) is 0. The van der Waals surface area contributed by atoms with Crippen molar-refractivity contribution in [3.63, 3.8) is 0 Å². The van der Waals surface area contributed by atoms with Crippen LogP contribution in [0.25, 0.3) is 0 Å². The van der Waals surface area contributed by atoms with Crippen LogP contribution in [0.2, 0.25) is 0 Å². The fraction of sp³-hybridized carbons (Fsp3) is 0.375. The largest absolute Gasteiger partial charge is 0.467 e. The Morgan fingerprint density at radius 3 is 2.65 bits per heavy atom. The summed E-state index contributed by atoms with van der Waals surface area (Å²) in [6.45, 7) is 4.01. The maximum atomic E-state index is 12.1. The Hall–Kier alpha value is -2.10. The van der Waals surface area contributed by atoms with E-state index in [0.717, 1.165) is 18.4 Å². The van der Waals surface area contributed by atoms with Crippen LogP contribution in [0.15, 0.2) is 42.2 Å². The van der Waals surface area contributed by atoms with Crippen molar-refractivity contribution in [2.24, 2.45) is 0 Å². The van der Waals surface area contributed by atoms with Gasteiger partial charge < -0.3 is 9.47 Å². The number of rotatable bonds is 5. The van der Waals surface area contributed by atoms with Crippen molar-refractivity contribution < 1.29 is 19.1 Å². The van der Waals surface area contributed by atoms with E-state index in [1.165, 1.54) is 6.08 Å². The van der Waals surface area contributed by atoms with Gasteiger partial charge in [0.15, 0.2) is 5.60 Å². The molecule has 0 N–H and O–H groups in total. The van der Waals surface area contributed by atoms with Gasteiger partial charge in [-0.1, -0.05) is 43.7 Å². The van der Waals surface area contributed by atoms with Crippen LogP contribution < -0.4 is 0 Å². The number of carbonyl (C=O) groups excluding carboxylic acids is 2. The molecule has 20 heavy (non-hydrogen) atoms. The first-order valence-corrected chi connectivity index (χ1v) is 6.75. The lowest BCUT2D eigenvalue weighted by molar-refractivity contribution is -0.146. The average molecular weight is 274 g/mol.